The number of ether oxygens (including phenoxy) is 1. The summed E-state index contributed by atoms with van der Waals surface area (Å²) in [7, 11) is 0. The Morgan fingerprint density at radius 1 is 1.24 bits per heavy atom. The zero-order chi connectivity index (χ0) is 15.2. The molecule has 0 amide bonds. The molecule has 5 nitrogen and oxygen atoms in total. The number of benzene rings is 1. The first-order valence-corrected chi connectivity index (χ1v) is 8.06. The second-order valence-electron chi connectivity index (χ2n) is 5.08. The van der Waals surface area contributed by atoms with Crippen LogP contribution in [0.4, 0.5) is 0 Å². The van der Waals surface area contributed by atoms with Gasteiger partial charge in [0, 0.05) is 11.8 Å². The molecule has 0 bridgehead atoms. The number of thioether (sulfide) groups is 1. The van der Waals surface area contributed by atoms with E-state index in [4.69, 9.17) is 10.5 Å². The molecule has 2 rings (SSSR count). The second kappa shape index (κ2) is 7.47. The summed E-state index contributed by atoms with van der Waals surface area (Å²) < 4.78 is 7.79. The summed E-state index contributed by atoms with van der Waals surface area (Å²) in [5.74, 6) is 2.55. The molecule has 0 aliphatic carbocycles. The van der Waals surface area contributed by atoms with Gasteiger partial charge in [0.1, 0.15) is 11.6 Å². The van der Waals surface area contributed by atoms with E-state index >= 15 is 0 Å². The van der Waals surface area contributed by atoms with Gasteiger partial charge in [-0.3, -0.25) is 0 Å². The summed E-state index contributed by atoms with van der Waals surface area (Å²) in [6.07, 6.45) is 0. The van der Waals surface area contributed by atoms with Gasteiger partial charge in [0.15, 0.2) is 5.16 Å². The Labute approximate surface area is 129 Å². The molecule has 0 spiro atoms. The Hall–Kier alpha value is -1.53. The number of nitrogens with two attached hydrogens (primary N) is 1. The Morgan fingerprint density at radius 3 is 2.57 bits per heavy atom. The molecule has 0 aliphatic heterocycles. The van der Waals surface area contributed by atoms with Crippen LogP contribution >= 0.6 is 11.8 Å². The fourth-order valence-electron chi connectivity index (χ4n) is 1.99. The maximum absolute atomic E-state index is 5.71. The molecule has 0 saturated heterocycles. The quantitative estimate of drug-likeness (QED) is 0.629. The molecule has 1 heterocycles. The maximum Gasteiger partial charge on any atom is 0.191 e. The van der Waals surface area contributed by atoms with Crippen molar-refractivity contribution in [3.05, 3.63) is 35.7 Å². The molecule has 0 fully saturated rings. The topological polar surface area (TPSA) is 66.0 Å². The van der Waals surface area contributed by atoms with Crippen LogP contribution in [0.1, 0.15) is 31.3 Å². The predicted molar refractivity (Wildman–Crippen MR) is 85.7 cm³/mol. The summed E-state index contributed by atoms with van der Waals surface area (Å²) in [5, 5.41) is 9.23. The highest BCUT2D eigenvalue weighted by Crippen LogP contribution is 2.21. The van der Waals surface area contributed by atoms with E-state index in [1.807, 2.05) is 24.3 Å². The number of rotatable bonds is 7. The molecule has 0 radical (unpaired) electrons. The van der Waals surface area contributed by atoms with Crippen molar-refractivity contribution in [1.29, 1.82) is 0 Å². The number of aromatic nitrogens is 3. The molecule has 1 aromatic carbocycles. The first kappa shape index (κ1) is 15.9. The minimum absolute atomic E-state index is 0.305. The van der Waals surface area contributed by atoms with Gasteiger partial charge in [-0.2, -0.15) is 0 Å². The van der Waals surface area contributed by atoms with Crippen LogP contribution in [-0.4, -0.2) is 27.1 Å². The lowest BCUT2D eigenvalue weighted by molar-refractivity contribution is 0.343. The van der Waals surface area contributed by atoms with E-state index in [0.29, 0.717) is 19.2 Å². The van der Waals surface area contributed by atoms with E-state index in [1.54, 1.807) is 11.8 Å². The predicted octanol–water partition coefficient (Wildman–Crippen LogP) is 2.80. The van der Waals surface area contributed by atoms with Crippen molar-refractivity contribution >= 4 is 11.8 Å². The average Bonchev–Trinajstić information content (AvgIpc) is 2.88. The molecule has 2 aromatic rings. The summed E-state index contributed by atoms with van der Waals surface area (Å²) in [6.45, 7) is 7.32. The van der Waals surface area contributed by atoms with Crippen LogP contribution in [0.25, 0.3) is 0 Å². The number of aryl methyl sites for hydroxylation is 1. The molecule has 2 N–H and O–H groups in total. The van der Waals surface area contributed by atoms with Gasteiger partial charge in [-0.15, -0.1) is 10.2 Å². The number of nitrogens with zero attached hydrogens (tertiary/aromatic N) is 3. The molecule has 21 heavy (non-hydrogen) atoms. The average molecular weight is 306 g/mol. The van der Waals surface area contributed by atoms with Crippen LogP contribution in [0.3, 0.4) is 0 Å². The molecule has 0 unspecified atom stereocenters. The van der Waals surface area contributed by atoms with Crippen LogP contribution in [0.15, 0.2) is 29.4 Å². The van der Waals surface area contributed by atoms with Crippen molar-refractivity contribution in [2.24, 2.45) is 5.73 Å². The van der Waals surface area contributed by atoms with E-state index in [2.05, 4.69) is 35.5 Å². The second-order valence-corrected chi connectivity index (χ2v) is 6.14. The van der Waals surface area contributed by atoms with E-state index < -0.39 is 0 Å². The first-order chi connectivity index (χ1) is 10.1. The fourth-order valence-corrected chi connectivity index (χ4v) is 2.89. The van der Waals surface area contributed by atoms with Crippen molar-refractivity contribution in [1.82, 2.24) is 14.8 Å². The monoisotopic (exact) mass is 306 g/mol. The van der Waals surface area contributed by atoms with Crippen molar-refractivity contribution in [3.63, 3.8) is 0 Å². The highest BCUT2D eigenvalue weighted by molar-refractivity contribution is 7.99. The third-order valence-corrected chi connectivity index (χ3v) is 3.95. The third kappa shape index (κ3) is 4.22. The lowest BCUT2D eigenvalue weighted by atomic mass is 10.2. The van der Waals surface area contributed by atoms with Gasteiger partial charge in [-0.1, -0.05) is 29.5 Å². The number of hydrogen-bond donors (Lipinski definition) is 1. The Balaban J connectivity index is 1.86. The Bertz CT molecular complexity index is 566. The zero-order valence-electron chi connectivity index (χ0n) is 12.7. The van der Waals surface area contributed by atoms with Gasteiger partial charge in [0.05, 0.1) is 13.2 Å². The van der Waals surface area contributed by atoms with Crippen LogP contribution < -0.4 is 10.5 Å². The van der Waals surface area contributed by atoms with Gasteiger partial charge in [-0.25, -0.2) is 0 Å². The van der Waals surface area contributed by atoms with Crippen LogP contribution in [0, 0.1) is 6.92 Å². The van der Waals surface area contributed by atoms with E-state index in [1.165, 1.54) is 5.56 Å². The van der Waals surface area contributed by atoms with Gasteiger partial charge in [-0.05, 0) is 32.9 Å². The molecule has 114 valence electrons. The normalized spacial score (nSPS) is 11.1. The van der Waals surface area contributed by atoms with Gasteiger partial charge < -0.3 is 15.0 Å². The summed E-state index contributed by atoms with van der Waals surface area (Å²) >= 11 is 1.64. The third-order valence-electron chi connectivity index (χ3n) is 3.04. The van der Waals surface area contributed by atoms with Gasteiger partial charge in [0.2, 0.25) is 0 Å². The smallest absolute Gasteiger partial charge is 0.191 e. The summed E-state index contributed by atoms with van der Waals surface area (Å²) in [5.41, 5.74) is 6.92. The Kier molecular flexibility index (Phi) is 5.64. The van der Waals surface area contributed by atoms with Crippen LogP contribution in [0.5, 0.6) is 5.75 Å². The minimum Gasteiger partial charge on any atom is -0.493 e. The molecule has 1 aromatic heterocycles. The lowest BCUT2D eigenvalue weighted by Gasteiger charge is -2.12. The standard InChI is InChI=1S/C15H22N4OS/c1-11(2)19-14(10-16)17-18-15(19)21-9-8-20-13-6-4-12(3)5-7-13/h4-7,11H,8-10,16H2,1-3H3. The SMILES string of the molecule is Cc1ccc(OCCSc2nnc(CN)n2C(C)C)cc1. The largest absolute Gasteiger partial charge is 0.493 e. The lowest BCUT2D eigenvalue weighted by Crippen LogP contribution is -2.11. The molecule has 0 aliphatic rings. The molecular formula is C15H22N4OS. The molecule has 0 atom stereocenters. The van der Waals surface area contributed by atoms with Crippen LogP contribution in [0.2, 0.25) is 0 Å². The van der Waals surface area contributed by atoms with Crippen LogP contribution in [-0.2, 0) is 6.54 Å². The van der Waals surface area contributed by atoms with E-state index in [9.17, 15) is 0 Å². The van der Waals surface area contributed by atoms with E-state index in [-0.39, 0.29) is 0 Å². The fraction of sp³-hybridized carbons (Fsp3) is 0.467. The molecular weight excluding hydrogens is 284 g/mol. The first-order valence-electron chi connectivity index (χ1n) is 7.08. The minimum atomic E-state index is 0.305. The summed E-state index contributed by atoms with van der Waals surface area (Å²) in [4.78, 5) is 0. The Morgan fingerprint density at radius 2 is 1.95 bits per heavy atom. The van der Waals surface area contributed by atoms with Crippen molar-refractivity contribution in [2.45, 2.75) is 38.5 Å². The maximum atomic E-state index is 5.71. The zero-order valence-corrected chi connectivity index (χ0v) is 13.6. The highest BCUT2D eigenvalue weighted by Gasteiger charge is 2.13. The summed E-state index contributed by atoms with van der Waals surface area (Å²) in [6, 6.07) is 8.38. The number of hydrogen-bond acceptors (Lipinski definition) is 5. The van der Waals surface area contributed by atoms with Crippen molar-refractivity contribution in [2.75, 3.05) is 12.4 Å². The van der Waals surface area contributed by atoms with Gasteiger partial charge in [0.25, 0.3) is 0 Å². The van der Waals surface area contributed by atoms with E-state index in [0.717, 1.165) is 22.5 Å². The van der Waals surface area contributed by atoms with Gasteiger partial charge >= 0.3 is 0 Å². The van der Waals surface area contributed by atoms with Crippen molar-refractivity contribution in [3.8, 4) is 5.75 Å². The van der Waals surface area contributed by atoms with Crippen molar-refractivity contribution < 1.29 is 4.74 Å². The molecule has 0 saturated carbocycles. The molecule has 6 heteroatoms. The highest BCUT2D eigenvalue weighted by atomic mass is 32.2.